The van der Waals surface area contributed by atoms with E-state index in [9.17, 15) is 4.79 Å². The first-order chi connectivity index (χ1) is 17.1. The maximum absolute atomic E-state index is 13.1. The van der Waals surface area contributed by atoms with Crippen LogP contribution in [0.25, 0.3) is 5.69 Å². The summed E-state index contributed by atoms with van der Waals surface area (Å²) < 4.78 is 12.5. The Morgan fingerprint density at radius 1 is 1.09 bits per heavy atom. The van der Waals surface area contributed by atoms with E-state index in [2.05, 4.69) is 25.4 Å². The Morgan fingerprint density at radius 2 is 1.83 bits per heavy atom. The van der Waals surface area contributed by atoms with Crippen molar-refractivity contribution in [2.24, 2.45) is 5.73 Å². The summed E-state index contributed by atoms with van der Waals surface area (Å²) in [6, 6.07) is 7.25. The van der Waals surface area contributed by atoms with Crippen molar-refractivity contribution >= 4 is 17.5 Å². The van der Waals surface area contributed by atoms with Gasteiger partial charge in [-0.25, -0.2) is 14.6 Å². The summed E-state index contributed by atoms with van der Waals surface area (Å²) in [6.45, 7) is 1.56. The third-order valence-electron chi connectivity index (χ3n) is 5.75. The number of pyridine rings is 1. The molecule has 0 bridgehead atoms. The molecular formula is C24H24N8O3. The number of amides is 1. The van der Waals surface area contributed by atoms with Crippen LogP contribution in [0.4, 0.5) is 11.6 Å². The molecule has 0 atom stereocenters. The molecule has 4 aromatic rings. The van der Waals surface area contributed by atoms with Crippen LogP contribution in [0.5, 0.6) is 11.5 Å². The zero-order chi connectivity index (χ0) is 24.4. The average Bonchev–Trinajstić information content (AvgIpc) is 3.55. The molecule has 3 N–H and O–H groups in total. The average molecular weight is 473 g/mol. The largest absolute Gasteiger partial charge is 0.493 e. The van der Waals surface area contributed by atoms with Gasteiger partial charge in [-0.1, -0.05) is 0 Å². The van der Waals surface area contributed by atoms with Gasteiger partial charge in [0.2, 0.25) is 5.95 Å². The van der Waals surface area contributed by atoms with Gasteiger partial charge in [-0.2, -0.15) is 5.10 Å². The molecule has 35 heavy (non-hydrogen) atoms. The van der Waals surface area contributed by atoms with Gasteiger partial charge in [0.25, 0.3) is 5.91 Å². The van der Waals surface area contributed by atoms with Crippen molar-refractivity contribution in [2.75, 3.05) is 24.4 Å². The number of carbonyl (C=O) groups excluding carboxylic acids is 1. The lowest BCUT2D eigenvalue weighted by Gasteiger charge is -2.16. The SMILES string of the molecule is COc1cc2c(cc1OC)CN(c1nccc(C(=O)Nc3cnccc3-n3cc(CN)cn3)n1)C2. The molecule has 1 aliphatic rings. The van der Waals surface area contributed by atoms with Crippen LogP contribution in [-0.4, -0.2) is 44.9 Å². The van der Waals surface area contributed by atoms with Crippen LogP contribution in [-0.2, 0) is 19.6 Å². The molecule has 11 heteroatoms. The fourth-order valence-electron chi connectivity index (χ4n) is 3.96. The molecule has 0 unspecified atom stereocenters. The summed E-state index contributed by atoms with van der Waals surface area (Å²) in [7, 11) is 3.22. The van der Waals surface area contributed by atoms with Crippen LogP contribution in [0.1, 0.15) is 27.2 Å². The number of hydrogen-bond acceptors (Lipinski definition) is 9. The lowest BCUT2D eigenvalue weighted by atomic mass is 10.1. The number of fused-ring (bicyclic) bond motifs is 1. The molecule has 4 heterocycles. The Kier molecular flexibility index (Phi) is 5.98. The van der Waals surface area contributed by atoms with Crippen molar-refractivity contribution in [3.8, 4) is 17.2 Å². The number of nitrogens with one attached hydrogen (secondary N) is 1. The molecule has 5 rings (SSSR count). The summed E-state index contributed by atoms with van der Waals surface area (Å²) in [5, 5.41) is 7.20. The Balaban J connectivity index is 1.36. The number of rotatable bonds is 7. The van der Waals surface area contributed by atoms with Gasteiger partial charge in [0, 0.05) is 43.8 Å². The number of carbonyl (C=O) groups is 1. The maximum atomic E-state index is 13.1. The number of hydrogen-bond donors (Lipinski definition) is 2. The van der Waals surface area contributed by atoms with Crippen LogP contribution in [0.15, 0.2) is 55.2 Å². The highest BCUT2D eigenvalue weighted by atomic mass is 16.5. The highest BCUT2D eigenvalue weighted by molar-refractivity contribution is 6.04. The first-order valence-electron chi connectivity index (χ1n) is 10.9. The molecule has 11 nitrogen and oxygen atoms in total. The van der Waals surface area contributed by atoms with Gasteiger partial charge in [-0.3, -0.25) is 9.78 Å². The standard InChI is InChI=1S/C24H24N8O3/c1-34-21-7-16-13-31(14-17(16)8-22(21)35-2)24-27-6-3-18(30-24)23(33)29-19-11-26-5-4-20(19)32-12-15(9-25)10-28-32/h3-8,10-12H,9,13-14,25H2,1-2H3,(H,29,33). The van der Waals surface area contributed by atoms with Crippen molar-refractivity contribution in [1.82, 2.24) is 24.7 Å². The molecule has 3 aromatic heterocycles. The first-order valence-corrected chi connectivity index (χ1v) is 10.9. The van der Waals surface area contributed by atoms with E-state index in [4.69, 9.17) is 15.2 Å². The van der Waals surface area contributed by atoms with E-state index in [-0.39, 0.29) is 11.6 Å². The highest BCUT2D eigenvalue weighted by Gasteiger charge is 2.24. The van der Waals surface area contributed by atoms with Gasteiger partial charge in [0.1, 0.15) is 5.69 Å². The smallest absolute Gasteiger partial charge is 0.274 e. The molecule has 0 aliphatic carbocycles. The summed E-state index contributed by atoms with van der Waals surface area (Å²) in [4.78, 5) is 28.1. The minimum absolute atomic E-state index is 0.235. The minimum atomic E-state index is -0.380. The normalized spacial score (nSPS) is 12.4. The van der Waals surface area contributed by atoms with E-state index in [1.54, 1.807) is 55.8 Å². The van der Waals surface area contributed by atoms with Gasteiger partial charge in [-0.15, -0.1) is 0 Å². The number of methoxy groups -OCH3 is 2. The van der Waals surface area contributed by atoms with Crippen LogP contribution in [0.3, 0.4) is 0 Å². The number of nitrogens with two attached hydrogens (primary N) is 1. The van der Waals surface area contributed by atoms with Crippen molar-refractivity contribution in [2.45, 2.75) is 19.6 Å². The molecule has 1 amide bonds. The van der Waals surface area contributed by atoms with Gasteiger partial charge >= 0.3 is 0 Å². The highest BCUT2D eigenvalue weighted by Crippen LogP contribution is 2.35. The van der Waals surface area contributed by atoms with Gasteiger partial charge in [0.05, 0.1) is 38.0 Å². The molecule has 0 fully saturated rings. The Morgan fingerprint density at radius 3 is 2.49 bits per heavy atom. The number of anilines is 2. The predicted octanol–water partition coefficient (Wildman–Crippen LogP) is 2.31. The maximum Gasteiger partial charge on any atom is 0.274 e. The van der Waals surface area contributed by atoms with Gasteiger partial charge in [0.15, 0.2) is 11.5 Å². The second-order valence-electron chi connectivity index (χ2n) is 7.92. The fourth-order valence-corrected chi connectivity index (χ4v) is 3.96. The quantitative estimate of drug-likeness (QED) is 0.416. The molecule has 0 spiro atoms. The molecule has 178 valence electrons. The summed E-state index contributed by atoms with van der Waals surface area (Å²) in [5.41, 5.74) is 10.2. The van der Waals surface area contributed by atoms with E-state index in [0.29, 0.717) is 48.5 Å². The third-order valence-corrected chi connectivity index (χ3v) is 5.75. The van der Waals surface area contributed by atoms with E-state index >= 15 is 0 Å². The van der Waals surface area contributed by atoms with Gasteiger partial charge < -0.3 is 25.4 Å². The van der Waals surface area contributed by atoms with E-state index in [1.807, 2.05) is 23.2 Å². The summed E-state index contributed by atoms with van der Waals surface area (Å²) >= 11 is 0. The van der Waals surface area contributed by atoms with Crippen LogP contribution < -0.4 is 25.4 Å². The number of ether oxygens (including phenoxy) is 2. The predicted molar refractivity (Wildman–Crippen MR) is 129 cm³/mol. The van der Waals surface area contributed by atoms with E-state index in [0.717, 1.165) is 16.7 Å². The van der Waals surface area contributed by atoms with Crippen LogP contribution >= 0.6 is 0 Å². The van der Waals surface area contributed by atoms with E-state index in [1.165, 1.54) is 0 Å². The molecule has 0 saturated carbocycles. The topological polar surface area (TPSA) is 133 Å². The number of benzene rings is 1. The molecule has 1 aliphatic heterocycles. The molecular weight excluding hydrogens is 448 g/mol. The zero-order valence-corrected chi connectivity index (χ0v) is 19.3. The minimum Gasteiger partial charge on any atom is -0.493 e. The van der Waals surface area contributed by atoms with Crippen molar-refractivity contribution in [3.63, 3.8) is 0 Å². The fraction of sp³-hybridized carbons (Fsp3) is 0.208. The summed E-state index contributed by atoms with van der Waals surface area (Å²) in [5.74, 6) is 1.42. The van der Waals surface area contributed by atoms with Crippen molar-refractivity contribution < 1.29 is 14.3 Å². The number of nitrogens with zero attached hydrogens (tertiary/aromatic N) is 6. The Labute approximate surface area is 201 Å². The lowest BCUT2D eigenvalue weighted by molar-refractivity contribution is 0.102. The lowest BCUT2D eigenvalue weighted by Crippen LogP contribution is -2.21. The number of aromatic nitrogens is 5. The molecule has 1 aromatic carbocycles. The monoisotopic (exact) mass is 472 g/mol. The Bertz CT molecular complexity index is 1350. The second kappa shape index (κ2) is 9.39. The summed E-state index contributed by atoms with van der Waals surface area (Å²) in [6.07, 6.45) is 8.26. The molecule has 0 saturated heterocycles. The second-order valence-corrected chi connectivity index (χ2v) is 7.92. The van der Waals surface area contributed by atoms with Gasteiger partial charge in [-0.05, 0) is 35.4 Å². The Hall–Kier alpha value is -4.51. The van der Waals surface area contributed by atoms with E-state index < -0.39 is 0 Å². The third kappa shape index (κ3) is 4.36. The molecule has 0 radical (unpaired) electrons. The van der Waals surface area contributed by atoms with Crippen LogP contribution in [0.2, 0.25) is 0 Å². The van der Waals surface area contributed by atoms with Crippen molar-refractivity contribution in [3.05, 3.63) is 77.6 Å². The zero-order valence-electron chi connectivity index (χ0n) is 19.3. The van der Waals surface area contributed by atoms with Crippen LogP contribution in [0, 0.1) is 0 Å². The van der Waals surface area contributed by atoms with Crippen molar-refractivity contribution in [1.29, 1.82) is 0 Å². The first kappa shape index (κ1) is 22.3.